The van der Waals surface area contributed by atoms with Crippen molar-refractivity contribution in [3.8, 4) is 0 Å². The number of carbonyl (C=O) groups is 1. The number of amides is 1. The molecule has 1 saturated heterocycles. The van der Waals surface area contributed by atoms with Crippen molar-refractivity contribution in [2.24, 2.45) is 5.92 Å². The van der Waals surface area contributed by atoms with Gasteiger partial charge in [0.2, 0.25) is 5.91 Å². The average molecular weight is 225 g/mol. The lowest BCUT2D eigenvalue weighted by molar-refractivity contribution is -0.125. The van der Waals surface area contributed by atoms with E-state index < -0.39 is 4.84 Å². The quantitative estimate of drug-likeness (QED) is 0.701. The van der Waals surface area contributed by atoms with Crippen LogP contribution >= 0.6 is 23.2 Å². The summed E-state index contributed by atoms with van der Waals surface area (Å²) in [7, 11) is 0. The largest absolute Gasteiger partial charge is 0.353 e. The summed E-state index contributed by atoms with van der Waals surface area (Å²) in [5.74, 6) is 0.138. The van der Waals surface area contributed by atoms with Gasteiger partial charge >= 0.3 is 0 Å². The first-order valence-electron chi connectivity index (χ1n) is 4.46. The molecule has 0 aromatic rings. The van der Waals surface area contributed by atoms with Gasteiger partial charge in [0, 0.05) is 13.1 Å². The Kier molecular flexibility index (Phi) is 4.84. The van der Waals surface area contributed by atoms with Gasteiger partial charge in [-0.25, -0.2) is 0 Å². The van der Waals surface area contributed by atoms with Crippen LogP contribution in [0.25, 0.3) is 0 Å². The summed E-state index contributed by atoms with van der Waals surface area (Å²) in [6.07, 6.45) is 2.01. The molecule has 3 nitrogen and oxygen atoms in total. The standard InChI is InChI=1S/C8H14Cl2N2O/c9-7(10)5-12-8(13)6-2-1-3-11-4-6/h6-7,11H,1-5H2,(H,12,13)/t6-/m0/s1. The lowest BCUT2D eigenvalue weighted by Crippen LogP contribution is -2.41. The van der Waals surface area contributed by atoms with Crippen molar-refractivity contribution in [1.82, 2.24) is 10.6 Å². The fourth-order valence-corrected chi connectivity index (χ4v) is 1.55. The fourth-order valence-electron chi connectivity index (χ4n) is 1.40. The van der Waals surface area contributed by atoms with Gasteiger partial charge in [-0.2, -0.15) is 0 Å². The van der Waals surface area contributed by atoms with Crippen LogP contribution in [0.2, 0.25) is 0 Å². The average Bonchev–Trinajstić information content (AvgIpc) is 2.15. The Labute approximate surface area is 88.2 Å². The molecule has 1 heterocycles. The van der Waals surface area contributed by atoms with Crippen LogP contribution < -0.4 is 10.6 Å². The number of halogens is 2. The van der Waals surface area contributed by atoms with Crippen molar-refractivity contribution < 1.29 is 4.79 Å². The molecule has 0 radical (unpaired) electrons. The van der Waals surface area contributed by atoms with E-state index in [4.69, 9.17) is 23.2 Å². The number of carbonyl (C=O) groups excluding carboxylic acids is 1. The van der Waals surface area contributed by atoms with Gasteiger partial charge < -0.3 is 10.6 Å². The highest BCUT2D eigenvalue weighted by molar-refractivity contribution is 6.44. The molecule has 76 valence electrons. The zero-order valence-corrected chi connectivity index (χ0v) is 8.87. The highest BCUT2D eigenvalue weighted by Crippen LogP contribution is 2.10. The molecule has 5 heteroatoms. The fraction of sp³-hybridized carbons (Fsp3) is 0.875. The molecule has 1 aliphatic rings. The molecule has 0 bridgehead atoms. The first kappa shape index (κ1) is 11.1. The van der Waals surface area contributed by atoms with Gasteiger partial charge in [0.25, 0.3) is 0 Å². The molecule has 0 aromatic carbocycles. The molecule has 0 aliphatic carbocycles. The molecule has 1 atom stereocenters. The molecule has 0 unspecified atom stereocenters. The van der Waals surface area contributed by atoms with Crippen LogP contribution in [0.5, 0.6) is 0 Å². The third kappa shape index (κ3) is 4.16. The van der Waals surface area contributed by atoms with Crippen molar-refractivity contribution in [3.05, 3.63) is 0 Å². The normalized spacial score (nSPS) is 23.2. The Morgan fingerprint density at radius 3 is 2.92 bits per heavy atom. The molecule has 1 fully saturated rings. The van der Waals surface area contributed by atoms with Crippen molar-refractivity contribution in [3.63, 3.8) is 0 Å². The van der Waals surface area contributed by atoms with E-state index in [1.54, 1.807) is 0 Å². The van der Waals surface area contributed by atoms with Crippen LogP contribution in [0.4, 0.5) is 0 Å². The van der Waals surface area contributed by atoms with Crippen molar-refractivity contribution in [2.75, 3.05) is 19.6 Å². The van der Waals surface area contributed by atoms with Crippen LogP contribution in [0, 0.1) is 5.92 Å². The van der Waals surface area contributed by atoms with Gasteiger partial charge in [-0.15, -0.1) is 23.2 Å². The van der Waals surface area contributed by atoms with Gasteiger partial charge in [0.15, 0.2) is 0 Å². The van der Waals surface area contributed by atoms with E-state index in [9.17, 15) is 4.79 Å². The number of rotatable bonds is 3. The first-order valence-corrected chi connectivity index (χ1v) is 5.34. The number of hydrogen-bond acceptors (Lipinski definition) is 2. The Bertz CT molecular complexity index is 170. The van der Waals surface area contributed by atoms with E-state index in [2.05, 4.69) is 10.6 Å². The number of hydrogen-bond donors (Lipinski definition) is 2. The summed E-state index contributed by atoms with van der Waals surface area (Å²) in [5.41, 5.74) is 0. The minimum Gasteiger partial charge on any atom is -0.353 e. The second-order valence-corrected chi connectivity index (χ2v) is 4.46. The zero-order chi connectivity index (χ0) is 9.68. The zero-order valence-electron chi connectivity index (χ0n) is 7.35. The summed E-state index contributed by atoms with van der Waals surface area (Å²) in [6, 6.07) is 0. The first-order chi connectivity index (χ1) is 6.20. The molecule has 2 N–H and O–H groups in total. The molecule has 1 rings (SSSR count). The Balaban J connectivity index is 2.21. The van der Waals surface area contributed by atoms with Crippen LogP contribution in [0.1, 0.15) is 12.8 Å². The number of nitrogens with one attached hydrogen (secondary N) is 2. The van der Waals surface area contributed by atoms with Crippen molar-refractivity contribution in [1.29, 1.82) is 0 Å². The summed E-state index contributed by atoms with van der Waals surface area (Å²) < 4.78 is 0. The Hall–Kier alpha value is 0.01000. The Morgan fingerprint density at radius 1 is 1.62 bits per heavy atom. The van der Waals surface area contributed by atoms with E-state index in [0.717, 1.165) is 25.9 Å². The molecular formula is C8H14Cl2N2O. The minimum absolute atomic E-state index is 0.0542. The minimum atomic E-state index is -0.513. The van der Waals surface area contributed by atoms with E-state index in [1.165, 1.54) is 0 Å². The van der Waals surface area contributed by atoms with Crippen LogP contribution in [0.3, 0.4) is 0 Å². The molecule has 1 amide bonds. The predicted molar refractivity (Wildman–Crippen MR) is 54.1 cm³/mol. The highest BCUT2D eigenvalue weighted by atomic mass is 35.5. The number of alkyl halides is 2. The summed E-state index contributed by atoms with van der Waals surface area (Å²) in [5, 5.41) is 5.89. The molecule has 0 aromatic heterocycles. The van der Waals surface area contributed by atoms with Gasteiger partial charge in [0.1, 0.15) is 4.84 Å². The monoisotopic (exact) mass is 224 g/mol. The second kappa shape index (κ2) is 5.68. The van der Waals surface area contributed by atoms with Crippen LogP contribution in [-0.2, 0) is 4.79 Å². The summed E-state index contributed by atoms with van der Waals surface area (Å²) in [4.78, 5) is 10.9. The molecular weight excluding hydrogens is 211 g/mol. The van der Waals surface area contributed by atoms with E-state index in [0.29, 0.717) is 6.54 Å². The van der Waals surface area contributed by atoms with Crippen LogP contribution in [0.15, 0.2) is 0 Å². The SMILES string of the molecule is O=C(NCC(Cl)Cl)[C@H]1CCCNC1. The van der Waals surface area contributed by atoms with E-state index in [-0.39, 0.29) is 11.8 Å². The smallest absolute Gasteiger partial charge is 0.224 e. The molecule has 0 saturated carbocycles. The van der Waals surface area contributed by atoms with E-state index >= 15 is 0 Å². The van der Waals surface area contributed by atoms with Gasteiger partial charge in [0.05, 0.1) is 5.92 Å². The Morgan fingerprint density at radius 2 is 2.38 bits per heavy atom. The van der Waals surface area contributed by atoms with Crippen LogP contribution in [-0.4, -0.2) is 30.4 Å². The summed E-state index contributed by atoms with van der Waals surface area (Å²) >= 11 is 11.0. The third-order valence-corrected chi connectivity index (χ3v) is 2.41. The van der Waals surface area contributed by atoms with Gasteiger partial charge in [-0.1, -0.05) is 0 Å². The maximum Gasteiger partial charge on any atom is 0.224 e. The van der Waals surface area contributed by atoms with Gasteiger partial charge in [-0.3, -0.25) is 4.79 Å². The maximum atomic E-state index is 11.4. The molecule has 0 spiro atoms. The molecule has 13 heavy (non-hydrogen) atoms. The highest BCUT2D eigenvalue weighted by Gasteiger charge is 2.20. The second-order valence-electron chi connectivity index (χ2n) is 3.18. The van der Waals surface area contributed by atoms with Crippen molar-refractivity contribution >= 4 is 29.1 Å². The van der Waals surface area contributed by atoms with Gasteiger partial charge in [-0.05, 0) is 19.4 Å². The molecule has 1 aliphatic heterocycles. The topological polar surface area (TPSA) is 41.1 Å². The maximum absolute atomic E-state index is 11.4. The number of piperidine rings is 1. The summed E-state index contributed by atoms with van der Waals surface area (Å²) in [6.45, 7) is 2.11. The van der Waals surface area contributed by atoms with Crippen molar-refractivity contribution in [2.45, 2.75) is 17.7 Å². The third-order valence-electron chi connectivity index (χ3n) is 2.10. The predicted octanol–water partition coefficient (Wildman–Crippen LogP) is 0.906. The lowest BCUT2D eigenvalue weighted by atomic mass is 9.99. The van der Waals surface area contributed by atoms with E-state index in [1.807, 2.05) is 0 Å². The lowest BCUT2D eigenvalue weighted by Gasteiger charge is -2.21.